The summed E-state index contributed by atoms with van der Waals surface area (Å²) in [6, 6.07) is 8.02. The highest BCUT2D eigenvalue weighted by Crippen LogP contribution is 2.26. The highest BCUT2D eigenvalue weighted by Gasteiger charge is 2.33. The summed E-state index contributed by atoms with van der Waals surface area (Å²) in [4.78, 5) is 13.6. The van der Waals surface area contributed by atoms with Gasteiger partial charge in [-0.25, -0.2) is 0 Å². The molecule has 3 atom stereocenters. The normalized spacial score (nSPS) is 26.9. The van der Waals surface area contributed by atoms with E-state index < -0.39 is 6.10 Å². The van der Waals surface area contributed by atoms with Gasteiger partial charge < -0.3 is 20.1 Å². The predicted molar refractivity (Wildman–Crippen MR) is 97.7 cm³/mol. The second-order valence-corrected chi connectivity index (χ2v) is 7.24. The maximum absolute atomic E-state index is 11.6. The van der Waals surface area contributed by atoms with Crippen LogP contribution >= 0.6 is 0 Å². The third-order valence-electron chi connectivity index (χ3n) is 5.35. The fraction of sp³-hybridized carbons (Fsp3) is 0.650. The van der Waals surface area contributed by atoms with Crippen LogP contribution in [0.2, 0.25) is 0 Å². The van der Waals surface area contributed by atoms with E-state index in [0.717, 1.165) is 63.1 Å². The van der Waals surface area contributed by atoms with Crippen molar-refractivity contribution in [2.75, 3.05) is 19.6 Å². The summed E-state index contributed by atoms with van der Waals surface area (Å²) in [5.41, 5.74) is 1.10. The zero-order chi connectivity index (χ0) is 17.6. The molecule has 0 radical (unpaired) electrons. The van der Waals surface area contributed by atoms with Crippen LogP contribution in [-0.2, 0) is 4.79 Å². The first-order valence-electron chi connectivity index (χ1n) is 9.56. The van der Waals surface area contributed by atoms with E-state index in [-0.39, 0.29) is 18.1 Å². The molecular formula is C20H30N2O3. The Morgan fingerprint density at radius 1 is 1.28 bits per heavy atom. The van der Waals surface area contributed by atoms with Crippen molar-refractivity contribution in [3.05, 3.63) is 29.8 Å². The molecule has 1 aliphatic carbocycles. The molecule has 0 spiro atoms. The van der Waals surface area contributed by atoms with Crippen LogP contribution in [0.4, 0.5) is 0 Å². The molecule has 1 aromatic rings. The van der Waals surface area contributed by atoms with Crippen molar-refractivity contribution in [3.8, 4) is 5.75 Å². The number of nitrogens with zero attached hydrogens (tertiary/aromatic N) is 1. The number of carbonyl (C=O) groups is 1. The summed E-state index contributed by atoms with van der Waals surface area (Å²) in [5.74, 6) is 1.14. The third-order valence-corrected chi connectivity index (χ3v) is 5.35. The molecule has 1 amide bonds. The molecule has 25 heavy (non-hydrogen) atoms. The Hall–Kier alpha value is -1.59. The number of ether oxygens (including phenoxy) is 1. The molecule has 2 fully saturated rings. The number of para-hydroxylation sites is 1. The van der Waals surface area contributed by atoms with Crippen LogP contribution in [0.1, 0.15) is 44.1 Å². The number of hydrogen-bond donors (Lipinski definition) is 2. The summed E-state index contributed by atoms with van der Waals surface area (Å²) in [5, 5.41) is 14.2. The quantitative estimate of drug-likeness (QED) is 0.744. The largest absolute Gasteiger partial charge is 0.487 e. The molecule has 0 aromatic heterocycles. The minimum absolute atomic E-state index is 0.0667. The molecule has 1 aliphatic heterocycles. The van der Waals surface area contributed by atoms with E-state index in [0.29, 0.717) is 6.42 Å². The van der Waals surface area contributed by atoms with Gasteiger partial charge in [-0.05, 0) is 57.2 Å². The van der Waals surface area contributed by atoms with Gasteiger partial charge in [0.15, 0.2) is 0 Å². The van der Waals surface area contributed by atoms with Gasteiger partial charge in [0.05, 0.1) is 0 Å². The van der Waals surface area contributed by atoms with E-state index >= 15 is 0 Å². The molecule has 5 nitrogen and oxygen atoms in total. The van der Waals surface area contributed by atoms with Crippen molar-refractivity contribution >= 4 is 5.91 Å². The second kappa shape index (κ2) is 8.68. The predicted octanol–water partition coefficient (Wildman–Crippen LogP) is 2.26. The topological polar surface area (TPSA) is 61.8 Å². The lowest BCUT2D eigenvalue weighted by molar-refractivity contribution is -0.127. The molecule has 2 aliphatic rings. The number of carbonyl (C=O) groups excluding carboxylic acids is 1. The van der Waals surface area contributed by atoms with Crippen LogP contribution in [0.15, 0.2) is 24.3 Å². The number of aryl methyl sites for hydroxylation is 1. The number of likely N-dealkylation sites (tertiary alicyclic amines) is 1. The summed E-state index contributed by atoms with van der Waals surface area (Å²) >= 11 is 0. The highest BCUT2D eigenvalue weighted by atomic mass is 16.5. The third kappa shape index (κ3) is 4.73. The van der Waals surface area contributed by atoms with Crippen molar-refractivity contribution in [1.29, 1.82) is 0 Å². The number of rotatable bonds is 7. The van der Waals surface area contributed by atoms with Gasteiger partial charge in [0.25, 0.3) is 0 Å². The molecule has 0 unspecified atom stereocenters. The molecule has 2 N–H and O–H groups in total. The lowest BCUT2D eigenvalue weighted by Gasteiger charge is -2.35. The molecule has 138 valence electrons. The number of aliphatic hydroxyl groups is 1. The van der Waals surface area contributed by atoms with Crippen molar-refractivity contribution < 1.29 is 14.6 Å². The van der Waals surface area contributed by atoms with Gasteiger partial charge in [0.2, 0.25) is 5.91 Å². The minimum Gasteiger partial charge on any atom is -0.487 e. The fourth-order valence-electron chi connectivity index (χ4n) is 3.84. The van der Waals surface area contributed by atoms with Crippen molar-refractivity contribution in [1.82, 2.24) is 10.2 Å². The van der Waals surface area contributed by atoms with Gasteiger partial charge in [-0.2, -0.15) is 0 Å². The van der Waals surface area contributed by atoms with E-state index in [1.54, 1.807) is 0 Å². The van der Waals surface area contributed by atoms with Gasteiger partial charge in [0, 0.05) is 25.6 Å². The number of benzene rings is 1. The lowest BCUT2D eigenvalue weighted by atomic mass is 9.89. The first-order valence-corrected chi connectivity index (χ1v) is 9.56. The Morgan fingerprint density at radius 2 is 2.12 bits per heavy atom. The summed E-state index contributed by atoms with van der Waals surface area (Å²) in [7, 11) is 0. The second-order valence-electron chi connectivity index (χ2n) is 7.24. The Balaban J connectivity index is 1.44. The van der Waals surface area contributed by atoms with Crippen LogP contribution < -0.4 is 10.1 Å². The standard InChI is InChI=1S/C20H30N2O3/c1-15-7-2-3-9-17(15)25-18-10-4-8-16(20(18)24)21-12-6-14-22-13-5-11-19(22)23/h2-3,7,9,16,18,20-21,24H,4-6,8,10-14H2,1H3/t16-,18+,20+/m0/s1. The number of hydrogen-bond acceptors (Lipinski definition) is 4. The summed E-state index contributed by atoms with van der Waals surface area (Å²) in [6.45, 7) is 4.57. The van der Waals surface area contributed by atoms with E-state index in [1.807, 2.05) is 36.1 Å². The number of nitrogens with one attached hydrogen (secondary N) is 1. The Labute approximate surface area is 150 Å². The van der Waals surface area contributed by atoms with Gasteiger partial charge in [-0.1, -0.05) is 18.2 Å². The molecule has 1 saturated carbocycles. The number of amides is 1. The van der Waals surface area contributed by atoms with Gasteiger partial charge in [-0.15, -0.1) is 0 Å². The summed E-state index contributed by atoms with van der Waals surface area (Å²) in [6.07, 6.45) is 4.87. The first-order chi connectivity index (χ1) is 12.1. The number of aliphatic hydroxyl groups excluding tert-OH is 1. The van der Waals surface area contributed by atoms with E-state index in [1.165, 1.54) is 0 Å². The highest BCUT2D eigenvalue weighted by molar-refractivity contribution is 5.77. The van der Waals surface area contributed by atoms with E-state index in [2.05, 4.69) is 5.32 Å². The molecule has 3 rings (SSSR count). The molecule has 1 heterocycles. The Kier molecular flexibility index (Phi) is 6.32. The van der Waals surface area contributed by atoms with E-state index in [9.17, 15) is 9.90 Å². The summed E-state index contributed by atoms with van der Waals surface area (Å²) < 4.78 is 6.09. The van der Waals surface area contributed by atoms with Crippen LogP contribution in [0.3, 0.4) is 0 Å². The maximum atomic E-state index is 11.6. The monoisotopic (exact) mass is 346 g/mol. The Bertz CT molecular complexity index is 578. The van der Waals surface area contributed by atoms with Gasteiger partial charge in [0.1, 0.15) is 18.0 Å². The fourth-order valence-corrected chi connectivity index (χ4v) is 3.84. The molecule has 0 bridgehead atoms. The van der Waals surface area contributed by atoms with Crippen LogP contribution in [0, 0.1) is 6.92 Å². The average molecular weight is 346 g/mol. The minimum atomic E-state index is -0.498. The van der Waals surface area contributed by atoms with Crippen LogP contribution in [0.5, 0.6) is 5.75 Å². The zero-order valence-corrected chi connectivity index (χ0v) is 15.1. The molecule has 5 heteroatoms. The van der Waals surface area contributed by atoms with Gasteiger partial charge >= 0.3 is 0 Å². The van der Waals surface area contributed by atoms with Crippen molar-refractivity contribution in [3.63, 3.8) is 0 Å². The van der Waals surface area contributed by atoms with Gasteiger partial charge in [-0.3, -0.25) is 4.79 Å². The van der Waals surface area contributed by atoms with Crippen molar-refractivity contribution in [2.24, 2.45) is 0 Å². The maximum Gasteiger partial charge on any atom is 0.222 e. The Morgan fingerprint density at radius 3 is 2.88 bits per heavy atom. The smallest absolute Gasteiger partial charge is 0.222 e. The molecule has 1 aromatic carbocycles. The molecular weight excluding hydrogens is 316 g/mol. The van der Waals surface area contributed by atoms with Crippen molar-refractivity contribution in [2.45, 2.75) is 63.7 Å². The zero-order valence-electron chi connectivity index (χ0n) is 15.1. The average Bonchev–Trinajstić information content (AvgIpc) is 3.01. The van der Waals surface area contributed by atoms with Crippen LogP contribution in [-0.4, -0.2) is 53.8 Å². The van der Waals surface area contributed by atoms with Crippen LogP contribution in [0.25, 0.3) is 0 Å². The molecule has 1 saturated heterocycles. The first kappa shape index (κ1) is 18.2. The SMILES string of the molecule is Cc1ccccc1O[C@@H]1CCC[C@H](NCCCN2CCCC2=O)[C@H]1O. The van der Waals surface area contributed by atoms with E-state index in [4.69, 9.17) is 4.74 Å². The lowest BCUT2D eigenvalue weighted by Crippen LogP contribution is -2.51.